The van der Waals surface area contributed by atoms with E-state index in [1.54, 1.807) is 28.5 Å². The number of halogens is 1. The molecule has 172 valence electrons. The molecule has 0 saturated carbocycles. The number of para-hydroxylation sites is 1. The molecule has 6 nitrogen and oxygen atoms in total. The van der Waals surface area contributed by atoms with Crippen LogP contribution in [0.25, 0.3) is 5.69 Å². The van der Waals surface area contributed by atoms with Crippen molar-refractivity contribution in [3.8, 4) is 5.69 Å². The van der Waals surface area contributed by atoms with E-state index in [-0.39, 0.29) is 5.82 Å². The molecule has 0 saturated heterocycles. The quantitative estimate of drug-likeness (QED) is 0.376. The molecule has 0 radical (unpaired) electrons. The van der Waals surface area contributed by atoms with Crippen molar-refractivity contribution in [2.45, 2.75) is 20.8 Å². The summed E-state index contributed by atoms with van der Waals surface area (Å²) in [5.41, 5.74) is 5.11. The first kappa shape index (κ1) is 22.1. The Labute approximate surface area is 198 Å². The van der Waals surface area contributed by atoms with Gasteiger partial charge < -0.3 is 5.09 Å². The van der Waals surface area contributed by atoms with E-state index < -0.39 is 7.44 Å². The number of rotatable bonds is 4. The van der Waals surface area contributed by atoms with Gasteiger partial charge in [0.05, 0.1) is 11.4 Å². The number of nitrogens with zero attached hydrogens (tertiary/aromatic N) is 4. The number of aromatic nitrogens is 2. The Hall–Kier alpha value is -3.70. The fraction of sp³-hybridized carbons (Fsp3) is 0.154. The first-order valence-corrected chi connectivity index (χ1v) is 12.6. The van der Waals surface area contributed by atoms with E-state index >= 15 is 0 Å². The Morgan fingerprint density at radius 1 is 0.912 bits per heavy atom. The average molecular weight is 473 g/mol. The Kier molecular flexibility index (Phi) is 5.37. The first-order valence-electron chi connectivity index (χ1n) is 11.0. The van der Waals surface area contributed by atoms with E-state index in [1.807, 2.05) is 69.3 Å². The highest BCUT2D eigenvalue weighted by molar-refractivity contribution is 7.72. The van der Waals surface area contributed by atoms with Crippen molar-refractivity contribution in [3.63, 3.8) is 0 Å². The van der Waals surface area contributed by atoms with Crippen molar-refractivity contribution in [1.29, 1.82) is 0 Å². The van der Waals surface area contributed by atoms with Gasteiger partial charge in [-0.05, 0) is 80.4 Å². The Morgan fingerprint density at radius 2 is 1.62 bits per heavy atom. The topological polar surface area (TPSA) is 62.5 Å². The fourth-order valence-electron chi connectivity index (χ4n) is 4.13. The van der Waals surface area contributed by atoms with Gasteiger partial charge in [-0.2, -0.15) is 5.10 Å². The fourth-order valence-corrected chi connectivity index (χ4v) is 6.51. The lowest BCUT2D eigenvalue weighted by Gasteiger charge is -2.35. The van der Waals surface area contributed by atoms with Gasteiger partial charge in [0.2, 0.25) is 0 Å². The molecule has 1 N–H and O–H groups in total. The molecular formula is C26H25FN5OP. The maximum absolute atomic E-state index is 14.9. The molecule has 1 aliphatic heterocycles. The van der Waals surface area contributed by atoms with E-state index in [4.69, 9.17) is 10.1 Å². The molecule has 8 heteroatoms. The van der Waals surface area contributed by atoms with Crippen LogP contribution < -0.4 is 10.4 Å². The lowest BCUT2D eigenvalue weighted by atomic mass is 10.1. The second kappa shape index (κ2) is 8.26. The Morgan fingerprint density at radius 3 is 2.29 bits per heavy atom. The zero-order valence-corrected chi connectivity index (χ0v) is 20.3. The van der Waals surface area contributed by atoms with Gasteiger partial charge in [-0.3, -0.25) is 9.24 Å². The van der Waals surface area contributed by atoms with Crippen LogP contribution >= 0.6 is 7.44 Å². The normalized spacial score (nSPS) is 17.3. The number of hydrogen-bond donors (Lipinski definition) is 1. The van der Waals surface area contributed by atoms with Crippen molar-refractivity contribution in [2.24, 2.45) is 4.99 Å². The van der Waals surface area contributed by atoms with Crippen molar-refractivity contribution in [1.82, 2.24) is 14.5 Å². The summed E-state index contributed by atoms with van der Waals surface area (Å²) < 4.78 is 31.9. The van der Waals surface area contributed by atoms with E-state index in [9.17, 15) is 8.96 Å². The van der Waals surface area contributed by atoms with Crippen molar-refractivity contribution in [3.05, 3.63) is 101 Å². The van der Waals surface area contributed by atoms with Crippen LogP contribution in [0.3, 0.4) is 0 Å². The lowest BCUT2D eigenvalue weighted by molar-refractivity contribution is 0.553. The van der Waals surface area contributed by atoms with Gasteiger partial charge in [-0.25, -0.2) is 14.1 Å². The number of aliphatic imine (C=N–C) groups is 1. The van der Waals surface area contributed by atoms with Gasteiger partial charge in [0.15, 0.2) is 5.82 Å². The molecule has 1 atom stereocenters. The summed E-state index contributed by atoms with van der Waals surface area (Å²) in [5.74, 6) is 0.634. The molecule has 0 unspecified atom stereocenters. The highest BCUT2D eigenvalue weighted by atomic mass is 31.2. The second-order valence-corrected chi connectivity index (χ2v) is 10.9. The minimum absolute atomic E-state index is 0.342. The number of nitrogens with one attached hydrogen (secondary N) is 1. The van der Waals surface area contributed by atoms with Crippen LogP contribution in [0.15, 0.2) is 77.8 Å². The van der Waals surface area contributed by atoms with Crippen LogP contribution in [0.2, 0.25) is 0 Å². The van der Waals surface area contributed by atoms with Gasteiger partial charge in [0.1, 0.15) is 17.0 Å². The molecule has 4 aromatic rings. The highest BCUT2D eigenvalue weighted by Gasteiger charge is 2.43. The van der Waals surface area contributed by atoms with Gasteiger partial charge in [0.25, 0.3) is 7.44 Å². The molecule has 2 heterocycles. The van der Waals surface area contributed by atoms with Gasteiger partial charge in [-0.1, -0.05) is 24.3 Å². The van der Waals surface area contributed by atoms with Crippen LogP contribution in [0.5, 0.6) is 0 Å². The third-order valence-corrected chi connectivity index (χ3v) is 8.87. The minimum Gasteiger partial charge on any atom is -0.317 e. The molecular weight excluding hydrogens is 448 g/mol. The zero-order valence-electron chi connectivity index (χ0n) is 19.5. The van der Waals surface area contributed by atoms with Gasteiger partial charge in [-0.15, -0.1) is 0 Å². The van der Waals surface area contributed by atoms with Crippen LogP contribution in [0.1, 0.15) is 22.4 Å². The van der Waals surface area contributed by atoms with Crippen LogP contribution in [-0.2, 0) is 4.57 Å². The van der Waals surface area contributed by atoms with Crippen LogP contribution in [-0.4, -0.2) is 27.3 Å². The molecule has 0 bridgehead atoms. The van der Waals surface area contributed by atoms with Crippen molar-refractivity contribution >= 4 is 30.1 Å². The zero-order chi connectivity index (χ0) is 24.0. The van der Waals surface area contributed by atoms with E-state index in [2.05, 4.69) is 5.09 Å². The Bertz CT molecular complexity index is 1460. The molecule has 0 aliphatic carbocycles. The van der Waals surface area contributed by atoms with E-state index in [0.717, 1.165) is 22.5 Å². The van der Waals surface area contributed by atoms with E-state index in [1.165, 1.54) is 12.1 Å². The molecule has 34 heavy (non-hydrogen) atoms. The van der Waals surface area contributed by atoms with Crippen LogP contribution in [0.4, 0.5) is 15.9 Å². The smallest absolute Gasteiger partial charge is 0.296 e. The molecule has 3 aromatic carbocycles. The standard InChI is InChI=1S/C26H25FN5OP/c1-17-10-15-22(16-18(17)2)30-34(33)24-19(3)29-32(23-8-6-5-7-9-23)26(24)28-25(31(34)4)20-11-13-21(27)14-12-20/h5-16H,1-4H3,(H,30,33)/t34-/m1/s1. The van der Waals surface area contributed by atoms with Crippen molar-refractivity contribution in [2.75, 3.05) is 12.1 Å². The summed E-state index contributed by atoms with van der Waals surface area (Å²) >= 11 is 0. The maximum atomic E-state index is 14.9. The number of fused-ring (bicyclic) bond motifs is 1. The van der Waals surface area contributed by atoms with Gasteiger partial charge in [0, 0.05) is 18.3 Å². The molecule has 0 fully saturated rings. The summed E-state index contributed by atoms with van der Waals surface area (Å²) in [4.78, 5) is 4.90. The predicted octanol–water partition coefficient (Wildman–Crippen LogP) is 5.89. The predicted molar refractivity (Wildman–Crippen MR) is 135 cm³/mol. The largest absolute Gasteiger partial charge is 0.317 e. The second-order valence-electron chi connectivity index (χ2n) is 8.46. The number of amidine groups is 1. The Balaban J connectivity index is 1.74. The molecule has 1 aromatic heterocycles. The number of benzene rings is 3. The van der Waals surface area contributed by atoms with E-state index in [0.29, 0.717) is 28.2 Å². The molecule has 0 spiro atoms. The van der Waals surface area contributed by atoms with Crippen molar-refractivity contribution < 1.29 is 8.96 Å². The van der Waals surface area contributed by atoms with Crippen LogP contribution in [0, 0.1) is 26.6 Å². The molecule has 1 aliphatic rings. The molecule has 5 rings (SSSR count). The maximum Gasteiger partial charge on any atom is 0.296 e. The third-order valence-electron chi connectivity index (χ3n) is 6.14. The van der Waals surface area contributed by atoms with Gasteiger partial charge >= 0.3 is 0 Å². The third kappa shape index (κ3) is 3.62. The molecule has 0 amide bonds. The summed E-state index contributed by atoms with van der Waals surface area (Å²) in [5, 5.41) is 8.60. The minimum atomic E-state index is -3.45. The SMILES string of the molecule is Cc1ccc(N[P@]2(=O)c3c(C)nn(-c4ccccc4)c3N=C(c3ccc(F)cc3)N2C)cc1C. The number of hydrogen-bond acceptors (Lipinski definition) is 3. The lowest BCUT2D eigenvalue weighted by Crippen LogP contribution is -2.36. The summed E-state index contributed by atoms with van der Waals surface area (Å²) in [6.07, 6.45) is 0. The number of aryl methyl sites for hydroxylation is 3. The summed E-state index contributed by atoms with van der Waals surface area (Å²) in [7, 11) is -1.70. The summed E-state index contributed by atoms with van der Waals surface area (Å²) in [6, 6.07) is 21.6. The first-order chi connectivity index (χ1) is 16.3. The average Bonchev–Trinajstić information content (AvgIpc) is 3.17. The highest BCUT2D eigenvalue weighted by Crippen LogP contribution is 2.54. The number of anilines is 1. The monoisotopic (exact) mass is 473 g/mol. The summed E-state index contributed by atoms with van der Waals surface area (Å²) in [6.45, 7) is 5.91.